The second kappa shape index (κ2) is 9.76. The van der Waals surface area contributed by atoms with E-state index >= 15 is 0 Å². The minimum atomic E-state index is -3.19. The van der Waals surface area contributed by atoms with E-state index in [1.807, 2.05) is 0 Å². The third kappa shape index (κ3) is 6.98. The summed E-state index contributed by atoms with van der Waals surface area (Å²) in [5.74, 6) is -0.281. The van der Waals surface area contributed by atoms with E-state index in [1.54, 1.807) is 31.2 Å². The van der Waals surface area contributed by atoms with Crippen LogP contribution < -0.4 is 5.32 Å². The van der Waals surface area contributed by atoms with E-state index in [1.165, 1.54) is 11.4 Å². The first kappa shape index (κ1) is 20.6. The number of rotatable bonds is 10. The maximum Gasteiger partial charge on any atom is 0.220 e. The summed E-state index contributed by atoms with van der Waals surface area (Å²) in [5, 5.41) is 3.24. The molecule has 1 aromatic carbocycles. The monoisotopic (exact) mass is 374 g/mol. The molecule has 1 aromatic rings. The van der Waals surface area contributed by atoms with Crippen molar-refractivity contribution in [2.75, 3.05) is 25.9 Å². The van der Waals surface area contributed by atoms with Crippen molar-refractivity contribution in [1.82, 2.24) is 9.62 Å². The molecule has 0 heterocycles. The molecule has 1 amide bonds. The Balaban J connectivity index is 2.25. The summed E-state index contributed by atoms with van der Waals surface area (Å²) in [6.45, 7) is 2.31. The van der Waals surface area contributed by atoms with Crippen LogP contribution in [0.5, 0.6) is 0 Å². The van der Waals surface area contributed by atoms with Gasteiger partial charge in [-0.2, -0.15) is 0 Å². The van der Waals surface area contributed by atoms with Crippen molar-refractivity contribution in [1.29, 1.82) is 0 Å². The molecule has 0 aliphatic heterocycles. The first-order valence-electron chi connectivity index (χ1n) is 7.75. The Labute approximate surface area is 148 Å². The molecule has 0 saturated carbocycles. The highest BCUT2D eigenvalue weighted by Gasteiger charge is 2.14. The van der Waals surface area contributed by atoms with Crippen molar-refractivity contribution in [3.63, 3.8) is 0 Å². The third-order valence-corrected chi connectivity index (χ3v) is 5.67. The predicted molar refractivity (Wildman–Crippen MR) is 94.7 cm³/mol. The zero-order valence-electron chi connectivity index (χ0n) is 13.9. The van der Waals surface area contributed by atoms with E-state index in [0.29, 0.717) is 30.1 Å². The number of carbonyl (C=O) groups is 2. The fourth-order valence-corrected chi connectivity index (χ4v) is 2.96. The van der Waals surface area contributed by atoms with Crippen molar-refractivity contribution in [3.8, 4) is 0 Å². The maximum atomic E-state index is 11.9. The minimum Gasteiger partial charge on any atom is -0.356 e. The molecule has 0 unspecified atom stereocenters. The van der Waals surface area contributed by atoms with E-state index < -0.39 is 10.0 Å². The number of hydrogen-bond donors (Lipinski definition) is 1. The molecule has 0 fully saturated rings. The Kier molecular flexibility index (Phi) is 8.38. The minimum absolute atomic E-state index is 0.0582. The summed E-state index contributed by atoms with van der Waals surface area (Å²) in [4.78, 5) is 23.6. The lowest BCUT2D eigenvalue weighted by Crippen LogP contribution is -2.32. The number of benzene rings is 1. The van der Waals surface area contributed by atoms with Crippen LogP contribution in [0.25, 0.3) is 0 Å². The molecule has 1 rings (SSSR count). The number of halogens is 1. The molecule has 0 saturated heterocycles. The number of hydrogen-bond acceptors (Lipinski definition) is 4. The fourth-order valence-electron chi connectivity index (χ4n) is 1.98. The molecule has 0 spiro atoms. The molecule has 134 valence electrons. The summed E-state index contributed by atoms with van der Waals surface area (Å²) in [5.41, 5.74) is 0.526. The van der Waals surface area contributed by atoms with Crippen molar-refractivity contribution in [2.24, 2.45) is 0 Å². The largest absolute Gasteiger partial charge is 0.356 e. The highest BCUT2D eigenvalue weighted by atomic mass is 35.5. The van der Waals surface area contributed by atoms with E-state index in [9.17, 15) is 18.0 Å². The molecular formula is C16H23ClN2O4S. The van der Waals surface area contributed by atoms with E-state index in [4.69, 9.17) is 11.6 Å². The molecule has 0 atom stereocenters. The Hall–Kier alpha value is -1.44. The summed E-state index contributed by atoms with van der Waals surface area (Å²) in [6.07, 6.45) is 0.745. The lowest BCUT2D eigenvalue weighted by atomic mass is 10.1. The quantitative estimate of drug-likeness (QED) is 0.502. The average Bonchev–Trinajstić information content (AvgIpc) is 2.56. The number of nitrogens with zero attached hydrogens (tertiary/aromatic N) is 1. The van der Waals surface area contributed by atoms with Crippen LogP contribution >= 0.6 is 11.6 Å². The van der Waals surface area contributed by atoms with Gasteiger partial charge in [-0.1, -0.05) is 11.6 Å². The molecule has 0 radical (unpaired) electrons. The van der Waals surface area contributed by atoms with Crippen LogP contribution in [0.4, 0.5) is 0 Å². The number of nitrogens with one attached hydrogen (secondary N) is 1. The molecule has 0 aromatic heterocycles. The number of ketones is 1. The lowest BCUT2D eigenvalue weighted by Gasteiger charge is -2.15. The van der Waals surface area contributed by atoms with Gasteiger partial charge in [-0.05, 0) is 37.6 Å². The van der Waals surface area contributed by atoms with Crippen molar-refractivity contribution in [3.05, 3.63) is 34.9 Å². The van der Waals surface area contributed by atoms with Crippen LogP contribution in [0.3, 0.4) is 0 Å². The lowest BCUT2D eigenvalue weighted by molar-refractivity contribution is -0.121. The van der Waals surface area contributed by atoms with Gasteiger partial charge in [0.15, 0.2) is 5.78 Å². The van der Waals surface area contributed by atoms with E-state index in [-0.39, 0.29) is 30.3 Å². The summed E-state index contributed by atoms with van der Waals surface area (Å²) in [6, 6.07) is 6.53. The van der Waals surface area contributed by atoms with Gasteiger partial charge >= 0.3 is 0 Å². The van der Waals surface area contributed by atoms with Gasteiger partial charge < -0.3 is 5.32 Å². The molecule has 6 nitrogen and oxygen atoms in total. The van der Waals surface area contributed by atoms with Crippen LogP contribution in [0.1, 0.15) is 36.5 Å². The van der Waals surface area contributed by atoms with Crippen molar-refractivity contribution in [2.45, 2.75) is 26.2 Å². The van der Waals surface area contributed by atoms with Crippen LogP contribution in [0.2, 0.25) is 5.02 Å². The fraction of sp³-hybridized carbons (Fsp3) is 0.500. The number of carbonyl (C=O) groups excluding carboxylic acids is 2. The first-order valence-corrected chi connectivity index (χ1v) is 9.74. The van der Waals surface area contributed by atoms with Gasteiger partial charge in [-0.3, -0.25) is 9.59 Å². The smallest absolute Gasteiger partial charge is 0.220 e. The van der Waals surface area contributed by atoms with E-state index in [2.05, 4.69) is 5.32 Å². The van der Waals surface area contributed by atoms with Crippen LogP contribution in [-0.4, -0.2) is 50.3 Å². The summed E-state index contributed by atoms with van der Waals surface area (Å²) >= 11 is 5.76. The normalized spacial score (nSPS) is 11.5. The van der Waals surface area contributed by atoms with Gasteiger partial charge in [0, 0.05) is 43.6 Å². The Bertz CT molecular complexity index is 659. The number of Topliss-reactive ketones (excluding diaryl/α,β-unsaturated/α-hetero) is 1. The Morgan fingerprint density at radius 2 is 1.79 bits per heavy atom. The molecular weight excluding hydrogens is 352 g/mol. The van der Waals surface area contributed by atoms with Crippen molar-refractivity contribution >= 4 is 33.3 Å². The van der Waals surface area contributed by atoms with Gasteiger partial charge in [0.05, 0.1) is 5.75 Å². The number of amides is 1. The highest BCUT2D eigenvalue weighted by molar-refractivity contribution is 7.89. The topological polar surface area (TPSA) is 83.6 Å². The predicted octanol–water partition coefficient (Wildman–Crippen LogP) is 2.09. The second-order valence-corrected chi connectivity index (χ2v) is 8.16. The van der Waals surface area contributed by atoms with Crippen LogP contribution in [-0.2, 0) is 14.8 Å². The summed E-state index contributed by atoms with van der Waals surface area (Å²) < 4.78 is 24.4. The average molecular weight is 375 g/mol. The van der Waals surface area contributed by atoms with Gasteiger partial charge in [-0.25, -0.2) is 12.7 Å². The van der Waals surface area contributed by atoms with Crippen LogP contribution in [0, 0.1) is 0 Å². The second-order valence-electron chi connectivity index (χ2n) is 5.36. The van der Waals surface area contributed by atoms with Gasteiger partial charge in [0.25, 0.3) is 0 Å². The van der Waals surface area contributed by atoms with Gasteiger partial charge in [-0.15, -0.1) is 0 Å². The molecule has 1 N–H and O–H groups in total. The molecule has 0 bridgehead atoms. The highest BCUT2D eigenvalue weighted by Crippen LogP contribution is 2.11. The van der Waals surface area contributed by atoms with E-state index in [0.717, 1.165) is 0 Å². The molecule has 0 aliphatic carbocycles. The third-order valence-electron chi connectivity index (χ3n) is 3.56. The zero-order valence-corrected chi connectivity index (χ0v) is 15.5. The standard InChI is InChI=1S/C16H23ClN2O4S/c1-3-24(22,23)19(2)12-4-11-18-16(21)10-9-15(20)13-5-7-14(17)8-6-13/h5-8H,3-4,9-12H2,1-2H3,(H,18,21). The number of sulfonamides is 1. The first-order chi connectivity index (χ1) is 11.3. The SMILES string of the molecule is CCS(=O)(=O)N(C)CCCNC(=O)CCC(=O)c1ccc(Cl)cc1. The molecule has 0 aliphatic rings. The maximum absolute atomic E-state index is 11.9. The van der Waals surface area contributed by atoms with Crippen molar-refractivity contribution < 1.29 is 18.0 Å². The van der Waals surface area contributed by atoms with Crippen LogP contribution in [0.15, 0.2) is 24.3 Å². The van der Waals surface area contributed by atoms with Gasteiger partial charge in [0.2, 0.25) is 15.9 Å². The zero-order chi connectivity index (χ0) is 18.2. The summed E-state index contributed by atoms with van der Waals surface area (Å²) in [7, 11) is -1.67. The van der Waals surface area contributed by atoms with Gasteiger partial charge in [0.1, 0.15) is 0 Å². The Morgan fingerprint density at radius 1 is 1.17 bits per heavy atom. The Morgan fingerprint density at radius 3 is 2.38 bits per heavy atom. The molecule has 8 heteroatoms. The molecule has 24 heavy (non-hydrogen) atoms.